The quantitative estimate of drug-likeness (QED) is 0.811. The van der Waals surface area contributed by atoms with Gasteiger partial charge in [0.05, 0.1) is 7.11 Å². The molecule has 0 aliphatic carbocycles. The molecule has 0 unspecified atom stereocenters. The number of nitrogens with zero attached hydrogens (tertiary/aromatic N) is 1. The van der Waals surface area contributed by atoms with Crippen LogP contribution in [0.5, 0.6) is 5.75 Å². The van der Waals surface area contributed by atoms with Crippen LogP contribution in [0.2, 0.25) is 0 Å². The van der Waals surface area contributed by atoms with Crippen molar-refractivity contribution in [2.75, 3.05) is 20.7 Å². The maximum absolute atomic E-state index is 12.0. The minimum Gasteiger partial charge on any atom is -0.497 e. The predicted octanol–water partition coefficient (Wildman–Crippen LogP) is 2.75. The number of hydrogen-bond donors (Lipinski definition) is 0. The highest BCUT2D eigenvalue weighted by Crippen LogP contribution is 2.11. The second-order valence-corrected chi connectivity index (χ2v) is 4.94. The fourth-order valence-electron chi connectivity index (χ4n) is 1.96. The van der Waals surface area contributed by atoms with Gasteiger partial charge < -0.3 is 9.64 Å². The summed E-state index contributed by atoms with van der Waals surface area (Å²) in [4.78, 5) is 13.7. The molecule has 3 heteroatoms. The van der Waals surface area contributed by atoms with Gasteiger partial charge in [-0.15, -0.1) is 0 Å². The van der Waals surface area contributed by atoms with Crippen LogP contribution in [-0.4, -0.2) is 31.5 Å². The van der Waals surface area contributed by atoms with E-state index in [1.807, 2.05) is 42.5 Å². The Labute approximate surface area is 131 Å². The molecule has 2 rings (SSSR count). The molecule has 0 spiro atoms. The third kappa shape index (κ3) is 4.68. The topological polar surface area (TPSA) is 29.5 Å². The molecule has 2 aromatic carbocycles. The second-order valence-electron chi connectivity index (χ2n) is 4.94. The fourth-order valence-corrected chi connectivity index (χ4v) is 1.96. The third-order valence-corrected chi connectivity index (χ3v) is 3.31. The summed E-state index contributed by atoms with van der Waals surface area (Å²) in [5, 5.41) is 0. The van der Waals surface area contributed by atoms with E-state index in [9.17, 15) is 4.79 Å². The molecule has 3 nitrogen and oxygen atoms in total. The maximum atomic E-state index is 12.0. The number of methoxy groups -OCH3 is 1. The van der Waals surface area contributed by atoms with E-state index in [2.05, 4.69) is 24.0 Å². The van der Waals surface area contributed by atoms with Crippen molar-refractivity contribution in [3.63, 3.8) is 0 Å². The Morgan fingerprint density at radius 1 is 1.14 bits per heavy atom. The lowest BCUT2D eigenvalue weighted by atomic mass is 10.1. The Hall–Kier alpha value is -2.73. The molecule has 1 amide bonds. The molecule has 0 radical (unpaired) electrons. The van der Waals surface area contributed by atoms with Gasteiger partial charge in [0.15, 0.2) is 0 Å². The monoisotopic (exact) mass is 293 g/mol. The van der Waals surface area contributed by atoms with Gasteiger partial charge in [0, 0.05) is 25.1 Å². The molecule has 0 fully saturated rings. The van der Waals surface area contributed by atoms with Crippen molar-refractivity contribution < 1.29 is 9.53 Å². The van der Waals surface area contributed by atoms with Gasteiger partial charge in [-0.05, 0) is 30.2 Å². The van der Waals surface area contributed by atoms with E-state index in [1.54, 1.807) is 19.1 Å². The number of carbonyl (C=O) groups is 1. The molecule has 0 aromatic heterocycles. The first-order valence-corrected chi connectivity index (χ1v) is 7.14. The first kappa shape index (κ1) is 15.7. The molecule has 0 bridgehead atoms. The Bertz CT molecular complexity index is 683. The summed E-state index contributed by atoms with van der Waals surface area (Å²) in [6.45, 7) is 0.648. The van der Waals surface area contributed by atoms with Crippen molar-refractivity contribution in [3.8, 4) is 17.6 Å². The number of amides is 1. The summed E-state index contributed by atoms with van der Waals surface area (Å²) in [6, 6.07) is 17.5. The van der Waals surface area contributed by atoms with Crippen LogP contribution in [0.15, 0.2) is 54.6 Å². The molecule has 0 N–H and O–H groups in total. The summed E-state index contributed by atoms with van der Waals surface area (Å²) in [6.07, 6.45) is 0.823. The first-order valence-electron chi connectivity index (χ1n) is 7.14. The van der Waals surface area contributed by atoms with E-state index in [0.717, 1.165) is 17.7 Å². The molecule has 0 heterocycles. The highest BCUT2D eigenvalue weighted by Gasteiger charge is 2.05. The van der Waals surface area contributed by atoms with Gasteiger partial charge in [0.25, 0.3) is 5.91 Å². The lowest BCUT2D eigenvalue weighted by molar-refractivity contribution is -0.123. The SMILES string of the molecule is COc1cccc(C#CC(=O)N(C)CCc2ccccc2)c1. The molecule has 22 heavy (non-hydrogen) atoms. The number of hydrogen-bond acceptors (Lipinski definition) is 2. The summed E-state index contributed by atoms with van der Waals surface area (Å²) >= 11 is 0. The molecule has 112 valence electrons. The smallest absolute Gasteiger partial charge is 0.298 e. The van der Waals surface area contributed by atoms with Gasteiger partial charge in [0.1, 0.15) is 5.75 Å². The number of rotatable bonds is 4. The number of carbonyl (C=O) groups excluding carboxylic acids is 1. The molecule has 2 aromatic rings. The lowest BCUT2D eigenvalue weighted by Gasteiger charge is -2.13. The molecular weight excluding hydrogens is 274 g/mol. The Kier molecular flexibility index (Phi) is 5.62. The molecular formula is C19H19NO2. The molecule has 0 saturated heterocycles. The van der Waals surface area contributed by atoms with Gasteiger partial charge >= 0.3 is 0 Å². The molecule has 0 aliphatic rings. The van der Waals surface area contributed by atoms with Crippen molar-refractivity contribution in [2.24, 2.45) is 0 Å². The molecule has 0 saturated carbocycles. The zero-order valence-corrected chi connectivity index (χ0v) is 12.9. The predicted molar refractivity (Wildman–Crippen MR) is 87.7 cm³/mol. The summed E-state index contributed by atoms with van der Waals surface area (Å²) in [5.74, 6) is 6.10. The van der Waals surface area contributed by atoms with E-state index < -0.39 is 0 Å². The van der Waals surface area contributed by atoms with Gasteiger partial charge in [-0.3, -0.25) is 4.79 Å². The average molecular weight is 293 g/mol. The normalized spacial score (nSPS) is 9.55. The van der Waals surface area contributed by atoms with Crippen LogP contribution >= 0.6 is 0 Å². The zero-order valence-electron chi connectivity index (χ0n) is 12.9. The van der Waals surface area contributed by atoms with Gasteiger partial charge in [-0.1, -0.05) is 42.3 Å². The van der Waals surface area contributed by atoms with Crippen molar-refractivity contribution in [2.45, 2.75) is 6.42 Å². The van der Waals surface area contributed by atoms with Gasteiger partial charge in [-0.25, -0.2) is 0 Å². The minimum absolute atomic E-state index is 0.182. The van der Waals surface area contributed by atoms with Gasteiger partial charge in [0.2, 0.25) is 0 Å². The largest absolute Gasteiger partial charge is 0.497 e. The van der Waals surface area contributed by atoms with Crippen molar-refractivity contribution in [1.29, 1.82) is 0 Å². The van der Waals surface area contributed by atoms with Crippen LogP contribution in [-0.2, 0) is 11.2 Å². The summed E-state index contributed by atoms with van der Waals surface area (Å²) in [5.41, 5.74) is 1.98. The maximum Gasteiger partial charge on any atom is 0.298 e. The van der Waals surface area contributed by atoms with Crippen molar-refractivity contribution >= 4 is 5.91 Å². The van der Waals surface area contributed by atoms with E-state index in [0.29, 0.717) is 6.54 Å². The molecule has 0 atom stereocenters. The zero-order chi connectivity index (χ0) is 15.8. The van der Waals surface area contributed by atoms with Crippen LogP contribution in [0.3, 0.4) is 0 Å². The standard InChI is InChI=1S/C19H19NO2/c1-20(14-13-16-7-4-3-5-8-16)19(21)12-11-17-9-6-10-18(15-17)22-2/h3-10,15H,13-14H2,1-2H3. The fraction of sp³-hybridized carbons (Fsp3) is 0.211. The number of ether oxygens (including phenoxy) is 1. The number of benzene rings is 2. The highest BCUT2D eigenvalue weighted by molar-refractivity contribution is 5.93. The minimum atomic E-state index is -0.182. The summed E-state index contributed by atoms with van der Waals surface area (Å²) in [7, 11) is 3.38. The van der Waals surface area contributed by atoms with E-state index in [4.69, 9.17) is 4.74 Å². The summed E-state index contributed by atoms with van der Waals surface area (Å²) < 4.78 is 5.13. The van der Waals surface area contributed by atoms with Gasteiger partial charge in [-0.2, -0.15) is 0 Å². The Morgan fingerprint density at radius 3 is 2.64 bits per heavy atom. The second kappa shape index (κ2) is 7.90. The lowest BCUT2D eigenvalue weighted by Crippen LogP contribution is -2.27. The van der Waals surface area contributed by atoms with E-state index >= 15 is 0 Å². The molecule has 0 aliphatic heterocycles. The van der Waals surface area contributed by atoms with Crippen LogP contribution in [0.25, 0.3) is 0 Å². The highest BCUT2D eigenvalue weighted by atomic mass is 16.5. The van der Waals surface area contributed by atoms with Crippen LogP contribution in [0, 0.1) is 11.8 Å². The number of likely N-dealkylation sites (N-methyl/N-ethyl adjacent to an activating group) is 1. The van der Waals surface area contributed by atoms with E-state index in [1.165, 1.54) is 5.56 Å². The van der Waals surface area contributed by atoms with Crippen LogP contribution in [0.1, 0.15) is 11.1 Å². The van der Waals surface area contributed by atoms with Crippen LogP contribution in [0.4, 0.5) is 0 Å². The Balaban J connectivity index is 1.92. The van der Waals surface area contributed by atoms with E-state index in [-0.39, 0.29) is 5.91 Å². The third-order valence-electron chi connectivity index (χ3n) is 3.31. The average Bonchev–Trinajstić information content (AvgIpc) is 2.58. The van der Waals surface area contributed by atoms with Crippen molar-refractivity contribution in [1.82, 2.24) is 4.90 Å². The van der Waals surface area contributed by atoms with Crippen LogP contribution < -0.4 is 4.74 Å². The van der Waals surface area contributed by atoms with Crippen molar-refractivity contribution in [3.05, 3.63) is 65.7 Å². The first-order chi connectivity index (χ1) is 10.7. The Morgan fingerprint density at radius 2 is 1.91 bits per heavy atom.